The summed E-state index contributed by atoms with van der Waals surface area (Å²) in [6, 6.07) is 8.11. The summed E-state index contributed by atoms with van der Waals surface area (Å²) in [6.45, 7) is 4.78. The van der Waals surface area contributed by atoms with E-state index >= 15 is 0 Å². The second kappa shape index (κ2) is 5.82. The van der Waals surface area contributed by atoms with E-state index in [1.54, 1.807) is 0 Å². The number of anilines is 1. The number of aromatic nitrogens is 2. The average molecular weight is 263 g/mol. The Hall–Kier alpha value is -1.62. The number of nitrogens with zero attached hydrogens (tertiary/aromatic N) is 2. The maximum absolute atomic E-state index is 5.82. The molecular weight excluding hydrogens is 246 g/mol. The minimum Gasteiger partial charge on any atom is -0.486 e. The Bertz CT molecular complexity index is 510. The highest BCUT2D eigenvalue weighted by Crippen LogP contribution is 2.27. The molecule has 0 atom stereocenters. The smallest absolute Gasteiger partial charge is 0.205 e. The van der Waals surface area contributed by atoms with E-state index in [1.807, 2.05) is 25.2 Å². The highest BCUT2D eigenvalue weighted by atomic mass is 32.1. The summed E-state index contributed by atoms with van der Waals surface area (Å²) < 4.78 is 5.82. The van der Waals surface area contributed by atoms with Gasteiger partial charge in [-0.25, -0.2) is 0 Å². The summed E-state index contributed by atoms with van der Waals surface area (Å²) in [5, 5.41) is 12.7. The van der Waals surface area contributed by atoms with Crippen LogP contribution >= 0.6 is 11.3 Å². The van der Waals surface area contributed by atoms with Crippen molar-refractivity contribution in [1.29, 1.82) is 0 Å². The summed E-state index contributed by atoms with van der Waals surface area (Å²) in [5.74, 6) is 1.37. The van der Waals surface area contributed by atoms with E-state index in [-0.39, 0.29) is 0 Å². The number of nitrogens with one attached hydrogen (secondary N) is 1. The lowest BCUT2D eigenvalue weighted by atomic mass is 10.0. The molecule has 2 rings (SSSR count). The second-order valence-corrected chi connectivity index (χ2v) is 5.29. The summed E-state index contributed by atoms with van der Waals surface area (Å²) in [4.78, 5) is 0. The molecule has 0 spiro atoms. The minimum absolute atomic E-state index is 0.448. The number of rotatable bonds is 5. The van der Waals surface area contributed by atoms with Crippen molar-refractivity contribution in [3.05, 3.63) is 34.8 Å². The van der Waals surface area contributed by atoms with E-state index in [9.17, 15) is 0 Å². The molecule has 0 radical (unpaired) electrons. The van der Waals surface area contributed by atoms with Crippen LogP contribution in [0.2, 0.25) is 0 Å². The van der Waals surface area contributed by atoms with E-state index in [0.29, 0.717) is 12.5 Å². The van der Waals surface area contributed by atoms with Gasteiger partial charge in [0.2, 0.25) is 5.13 Å². The molecule has 2 aromatic rings. The molecule has 0 unspecified atom stereocenters. The molecule has 0 aliphatic rings. The molecular formula is C13H17N3OS. The van der Waals surface area contributed by atoms with Crippen LogP contribution in [-0.4, -0.2) is 17.2 Å². The maximum atomic E-state index is 5.82. The van der Waals surface area contributed by atoms with E-state index in [2.05, 4.69) is 35.4 Å². The van der Waals surface area contributed by atoms with Crippen molar-refractivity contribution in [1.82, 2.24) is 10.2 Å². The zero-order valence-electron chi connectivity index (χ0n) is 10.8. The van der Waals surface area contributed by atoms with E-state index in [1.165, 1.54) is 16.9 Å². The first-order chi connectivity index (χ1) is 8.70. The highest BCUT2D eigenvalue weighted by Gasteiger charge is 2.08. The molecule has 0 amide bonds. The Balaban J connectivity index is 2.05. The molecule has 5 heteroatoms. The Labute approximate surface area is 111 Å². The summed E-state index contributed by atoms with van der Waals surface area (Å²) in [6.07, 6.45) is 0. The van der Waals surface area contributed by atoms with Gasteiger partial charge in [-0.3, -0.25) is 0 Å². The number of hydrogen-bond acceptors (Lipinski definition) is 5. The van der Waals surface area contributed by atoms with Crippen molar-refractivity contribution in [3.8, 4) is 5.75 Å². The summed E-state index contributed by atoms with van der Waals surface area (Å²) in [5.41, 5.74) is 1.22. The molecule has 1 aromatic heterocycles. The summed E-state index contributed by atoms with van der Waals surface area (Å²) >= 11 is 1.51. The molecule has 1 heterocycles. The van der Waals surface area contributed by atoms with Crippen LogP contribution in [0.3, 0.4) is 0 Å². The first kappa shape index (κ1) is 12.8. The molecule has 0 saturated heterocycles. The van der Waals surface area contributed by atoms with E-state index < -0.39 is 0 Å². The maximum Gasteiger partial charge on any atom is 0.205 e. The van der Waals surface area contributed by atoms with Crippen LogP contribution in [0.5, 0.6) is 5.75 Å². The number of ether oxygens (including phenoxy) is 1. The Morgan fingerprint density at radius 2 is 2.06 bits per heavy atom. The molecule has 1 N–H and O–H groups in total. The second-order valence-electron chi connectivity index (χ2n) is 4.23. The van der Waals surface area contributed by atoms with Crippen LogP contribution in [0.15, 0.2) is 24.3 Å². The zero-order chi connectivity index (χ0) is 13.0. The lowest BCUT2D eigenvalue weighted by molar-refractivity contribution is 0.300. The van der Waals surface area contributed by atoms with Crippen molar-refractivity contribution < 1.29 is 4.74 Å². The number of para-hydroxylation sites is 1. The first-order valence-electron chi connectivity index (χ1n) is 5.92. The molecule has 96 valence electrons. The van der Waals surface area contributed by atoms with Crippen molar-refractivity contribution in [2.75, 3.05) is 12.4 Å². The van der Waals surface area contributed by atoms with Crippen molar-refractivity contribution in [3.63, 3.8) is 0 Å². The van der Waals surface area contributed by atoms with Gasteiger partial charge < -0.3 is 10.1 Å². The van der Waals surface area contributed by atoms with Crippen molar-refractivity contribution in [2.45, 2.75) is 26.4 Å². The van der Waals surface area contributed by atoms with Gasteiger partial charge in [-0.15, -0.1) is 10.2 Å². The monoisotopic (exact) mass is 263 g/mol. The van der Waals surface area contributed by atoms with Gasteiger partial charge in [-0.05, 0) is 17.5 Å². The molecule has 4 nitrogen and oxygen atoms in total. The molecule has 0 fully saturated rings. The highest BCUT2D eigenvalue weighted by molar-refractivity contribution is 7.15. The Morgan fingerprint density at radius 1 is 1.28 bits per heavy atom. The van der Waals surface area contributed by atoms with Crippen LogP contribution in [0.25, 0.3) is 0 Å². The topological polar surface area (TPSA) is 47.0 Å². The third-order valence-electron chi connectivity index (χ3n) is 2.57. The van der Waals surface area contributed by atoms with Gasteiger partial charge in [0.25, 0.3) is 0 Å². The molecule has 0 saturated carbocycles. The standard InChI is InChI=1S/C13H17N3OS/c1-9(2)10-6-4-5-7-11(10)17-8-12-15-16-13(14-3)18-12/h4-7,9H,8H2,1-3H3,(H,14,16). The van der Waals surface area contributed by atoms with Crippen molar-refractivity contribution in [2.24, 2.45) is 0 Å². The quantitative estimate of drug-likeness (QED) is 0.899. The third-order valence-corrected chi connectivity index (χ3v) is 3.49. The number of hydrogen-bond donors (Lipinski definition) is 1. The lowest BCUT2D eigenvalue weighted by Gasteiger charge is -2.12. The van der Waals surface area contributed by atoms with E-state index in [4.69, 9.17) is 4.74 Å². The van der Waals surface area contributed by atoms with Crippen LogP contribution in [0.1, 0.15) is 30.3 Å². The zero-order valence-corrected chi connectivity index (χ0v) is 11.6. The Morgan fingerprint density at radius 3 is 2.72 bits per heavy atom. The van der Waals surface area contributed by atoms with Crippen LogP contribution in [0, 0.1) is 0 Å². The van der Waals surface area contributed by atoms with Gasteiger partial charge in [0, 0.05) is 7.05 Å². The lowest BCUT2D eigenvalue weighted by Crippen LogP contribution is -1.99. The molecule has 0 bridgehead atoms. The van der Waals surface area contributed by atoms with Gasteiger partial charge in [-0.1, -0.05) is 43.4 Å². The van der Waals surface area contributed by atoms with Gasteiger partial charge in [0.15, 0.2) is 5.01 Å². The minimum atomic E-state index is 0.448. The fourth-order valence-electron chi connectivity index (χ4n) is 1.64. The molecule has 1 aromatic carbocycles. The molecule has 0 aliphatic carbocycles. The first-order valence-corrected chi connectivity index (χ1v) is 6.74. The van der Waals surface area contributed by atoms with Crippen molar-refractivity contribution >= 4 is 16.5 Å². The normalized spacial score (nSPS) is 10.7. The average Bonchev–Trinajstić information content (AvgIpc) is 2.84. The SMILES string of the molecule is CNc1nnc(COc2ccccc2C(C)C)s1. The van der Waals surface area contributed by atoms with Crippen LogP contribution in [-0.2, 0) is 6.61 Å². The van der Waals surface area contributed by atoms with Gasteiger partial charge in [0.05, 0.1) is 0 Å². The molecule has 18 heavy (non-hydrogen) atoms. The van der Waals surface area contributed by atoms with Crippen LogP contribution < -0.4 is 10.1 Å². The fraction of sp³-hybridized carbons (Fsp3) is 0.385. The largest absolute Gasteiger partial charge is 0.486 e. The predicted octanol–water partition coefficient (Wildman–Crippen LogP) is 3.28. The predicted molar refractivity (Wildman–Crippen MR) is 74.3 cm³/mol. The Kier molecular flexibility index (Phi) is 4.15. The van der Waals surface area contributed by atoms with E-state index in [0.717, 1.165) is 15.9 Å². The summed E-state index contributed by atoms with van der Waals surface area (Å²) in [7, 11) is 1.83. The third kappa shape index (κ3) is 2.98. The molecule has 0 aliphatic heterocycles. The van der Waals surface area contributed by atoms with Gasteiger partial charge >= 0.3 is 0 Å². The van der Waals surface area contributed by atoms with Gasteiger partial charge in [-0.2, -0.15) is 0 Å². The van der Waals surface area contributed by atoms with Crippen LogP contribution in [0.4, 0.5) is 5.13 Å². The van der Waals surface area contributed by atoms with Gasteiger partial charge in [0.1, 0.15) is 12.4 Å². The number of benzene rings is 1. The fourth-order valence-corrected chi connectivity index (χ4v) is 2.25.